The molecular weight excluding hydrogens is 250 g/mol. The first-order chi connectivity index (χ1) is 8.97. The molecule has 1 aliphatic heterocycles. The first kappa shape index (κ1) is 13.1. The van der Waals surface area contributed by atoms with E-state index in [1.165, 1.54) is 19.1 Å². The van der Waals surface area contributed by atoms with Gasteiger partial charge in [0.1, 0.15) is 11.6 Å². The van der Waals surface area contributed by atoms with E-state index in [0.717, 1.165) is 0 Å². The van der Waals surface area contributed by atoms with Crippen LogP contribution >= 0.6 is 0 Å². The van der Waals surface area contributed by atoms with E-state index >= 15 is 0 Å². The van der Waals surface area contributed by atoms with Crippen molar-refractivity contribution >= 4 is 23.2 Å². The van der Waals surface area contributed by atoms with Crippen molar-refractivity contribution in [2.24, 2.45) is 0 Å². The number of aromatic nitrogens is 1. The lowest BCUT2D eigenvalue weighted by Gasteiger charge is -2.34. The molecule has 1 saturated heterocycles. The summed E-state index contributed by atoms with van der Waals surface area (Å²) in [6, 6.07) is 2.63. The second-order valence-corrected chi connectivity index (χ2v) is 4.36. The minimum absolute atomic E-state index is 0.0335. The fraction of sp³-hybridized carbons (Fsp3) is 0.455. The summed E-state index contributed by atoms with van der Waals surface area (Å²) in [6.07, 6.45) is 0. The molecule has 1 fully saturated rings. The molecular formula is C11H15N5O3. The minimum Gasteiger partial charge on any atom is -0.383 e. The van der Waals surface area contributed by atoms with Crippen LogP contribution in [0.25, 0.3) is 0 Å². The standard InChI is InChI=1S/C11H15N5O3/c1-8(17)14-2-4-15(5-3-14)11-7-9(16(18)19)6-10(12)13-11/h6-7H,2-5H2,1H3,(H2,12,13). The first-order valence-corrected chi connectivity index (χ1v) is 5.90. The van der Waals surface area contributed by atoms with E-state index in [1.807, 2.05) is 4.90 Å². The van der Waals surface area contributed by atoms with Crippen LogP contribution in [0.3, 0.4) is 0 Å². The number of pyridine rings is 1. The van der Waals surface area contributed by atoms with Gasteiger partial charge in [-0.1, -0.05) is 0 Å². The monoisotopic (exact) mass is 265 g/mol. The Kier molecular flexibility index (Phi) is 3.50. The summed E-state index contributed by atoms with van der Waals surface area (Å²) in [5.74, 6) is 0.638. The van der Waals surface area contributed by atoms with E-state index in [2.05, 4.69) is 4.98 Å². The summed E-state index contributed by atoms with van der Waals surface area (Å²) in [4.78, 5) is 29.2. The maximum absolute atomic E-state index is 11.2. The predicted octanol–water partition coefficient (Wildman–Crippen LogP) is 0.240. The Balaban J connectivity index is 2.15. The molecule has 2 rings (SSSR count). The lowest BCUT2D eigenvalue weighted by molar-refractivity contribution is -0.384. The number of amides is 1. The topological polar surface area (TPSA) is 106 Å². The molecule has 0 unspecified atom stereocenters. The molecule has 1 aromatic rings. The molecule has 1 amide bonds. The maximum Gasteiger partial charge on any atom is 0.276 e. The molecule has 0 saturated carbocycles. The van der Waals surface area contributed by atoms with Crippen LogP contribution in [0.2, 0.25) is 0 Å². The zero-order valence-corrected chi connectivity index (χ0v) is 10.6. The van der Waals surface area contributed by atoms with Crippen LogP contribution in [-0.4, -0.2) is 46.9 Å². The number of piperazine rings is 1. The third-order valence-electron chi connectivity index (χ3n) is 3.08. The van der Waals surface area contributed by atoms with Gasteiger partial charge in [0.25, 0.3) is 5.69 Å². The molecule has 0 spiro atoms. The molecule has 0 radical (unpaired) electrons. The molecule has 2 heterocycles. The van der Waals surface area contributed by atoms with Gasteiger partial charge in [-0.15, -0.1) is 0 Å². The van der Waals surface area contributed by atoms with E-state index in [9.17, 15) is 14.9 Å². The third kappa shape index (κ3) is 2.90. The Hall–Kier alpha value is -2.38. The van der Waals surface area contributed by atoms with E-state index in [4.69, 9.17) is 5.73 Å². The molecule has 0 aliphatic carbocycles. The van der Waals surface area contributed by atoms with Gasteiger partial charge < -0.3 is 15.5 Å². The van der Waals surface area contributed by atoms with Crippen LogP contribution in [0.15, 0.2) is 12.1 Å². The molecule has 8 nitrogen and oxygen atoms in total. The maximum atomic E-state index is 11.2. The number of nitro groups is 1. The summed E-state index contributed by atoms with van der Waals surface area (Å²) in [5, 5.41) is 10.8. The van der Waals surface area contributed by atoms with Gasteiger partial charge in [-0.3, -0.25) is 14.9 Å². The number of nitrogen functional groups attached to an aromatic ring is 1. The minimum atomic E-state index is -0.493. The third-order valence-corrected chi connectivity index (χ3v) is 3.08. The highest BCUT2D eigenvalue weighted by atomic mass is 16.6. The molecule has 1 aromatic heterocycles. The van der Waals surface area contributed by atoms with Gasteiger partial charge in [0.15, 0.2) is 0 Å². The van der Waals surface area contributed by atoms with Crippen molar-refractivity contribution in [3.05, 3.63) is 22.2 Å². The van der Waals surface area contributed by atoms with Crippen molar-refractivity contribution in [2.45, 2.75) is 6.92 Å². The average molecular weight is 265 g/mol. The number of nitrogens with two attached hydrogens (primary N) is 1. The summed E-state index contributed by atoms with van der Waals surface area (Å²) < 4.78 is 0. The second kappa shape index (κ2) is 5.09. The van der Waals surface area contributed by atoms with Gasteiger partial charge in [-0.25, -0.2) is 4.98 Å². The van der Waals surface area contributed by atoms with Gasteiger partial charge in [0.05, 0.1) is 17.1 Å². The largest absolute Gasteiger partial charge is 0.383 e. The number of carbonyl (C=O) groups excluding carboxylic acids is 1. The molecule has 8 heteroatoms. The lowest BCUT2D eigenvalue weighted by atomic mass is 10.3. The fourth-order valence-corrected chi connectivity index (χ4v) is 2.04. The van der Waals surface area contributed by atoms with Crippen LogP contribution in [0.4, 0.5) is 17.3 Å². The zero-order valence-electron chi connectivity index (χ0n) is 10.6. The molecule has 2 N–H and O–H groups in total. The average Bonchev–Trinajstić information content (AvgIpc) is 2.38. The summed E-state index contributed by atoms with van der Waals surface area (Å²) in [6.45, 7) is 3.87. The van der Waals surface area contributed by atoms with Crippen LogP contribution in [-0.2, 0) is 4.79 Å². The van der Waals surface area contributed by atoms with E-state index < -0.39 is 4.92 Å². The number of hydrogen-bond acceptors (Lipinski definition) is 6. The van der Waals surface area contributed by atoms with Crippen LogP contribution in [0.5, 0.6) is 0 Å². The highest BCUT2D eigenvalue weighted by Gasteiger charge is 2.21. The Morgan fingerprint density at radius 2 is 2.00 bits per heavy atom. The second-order valence-electron chi connectivity index (χ2n) is 4.36. The highest BCUT2D eigenvalue weighted by molar-refractivity contribution is 5.73. The Morgan fingerprint density at radius 1 is 1.37 bits per heavy atom. The molecule has 19 heavy (non-hydrogen) atoms. The number of hydrogen-bond donors (Lipinski definition) is 1. The molecule has 0 bridgehead atoms. The number of nitrogens with zero attached hydrogens (tertiary/aromatic N) is 4. The van der Waals surface area contributed by atoms with E-state index in [-0.39, 0.29) is 17.4 Å². The molecule has 0 atom stereocenters. The van der Waals surface area contributed by atoms with E-state index in [1.54, 1.807) is 4.90 Å². The quantitative estimate of drug-likeness (QED) is 0.606. The Labute approximate surface area is 110 Å². The molecule has 0 aromatic carbocycles. The Bertz CT molecular complexity index is 511. The lowest BCUT2D eigenvalue weighted by Crippen LogP contribution is -2.48. The first-order valence-electron chi connectivity index (χ1n) is 5.90. The highest BCUT2D eigenvalue weighted by Crippen LogP contribution is 2.22. The smallest absolute Gasteiger partial charge is 0.276 e. The molecule has 102 valence electrons. The van der Waals surface area contributed by atoms with Crippen molar-refractivity contribution < 1.29 is 9.72 Å². The normalized spacial score (nSPS) is 15.4. The van der Waals surface area contributed by atoms with Gasteiger partial charge in [0.2, 0.25) is 5.91 Å². The predicted molar refractivity (Wildman–Crippen MR) is 69.8 cm³/mol. The van der Waals surface area contributed by atoms with Crippen LogP contribution in [0.1, 0.15) is 6.92 Å². The van der Waals surface area contributed by atoms with Crippen LogP contribution < -0.4 is 10.6 Å². The van der Waals surface area contributed by atoms with Gasteiger partial charge in [-0.2, -0.15) is 0 Å². The van der Waals surface area contributed by atoms with Gasteiger partial charge in [0, 0.05) is 33.1 Å². The van der Waals surface area contributed by atoms with E-state index in [0.29, 0.717) is 32.0 Å². The fourth-order valence-electron chi connectivity index (χ4n) is 2.04. The van der Waals surface area contributed by atoms with Crippen molar-refractivity contribution in [2.75, 3.05) is 36.8 Å². The number of rotatable bonds is 2. The summed E-state index contributed by atoms with van der Waals surface area (Å²) in [5.41, 5.74) is 5.50. The van der Waals surface area contributed by atoms with Crippen molar-refractivity contribution in [1.29, 1.82) is 0 Å². The SMILES string of the molecule is CC(=O)N1CCN(c2cc([N+](=O)[O-])cc(N)n2)CC1. The van der Waals surface area contributed by atoms with Crippen LogP contribution in [0, 0.1) is 10.1 Å². The zero-order chi connectivity index (χ0) is 14.0. The summed E-state index contributed by atoms with van der Waals surface area (Å²) >= 11 is 0. The Morgan fingerprint density at radius 3 is 2.53 bits per heavy atom. The number of carbonyl (C=O) groups is 1. The van der Waals surface area contributed by atoms with Crippen molar-refractivity contribution in [1.82, 2.24) is 9.88 Å². The molecule has 1 aliphatic rings. The van der Waals surface area contributed by atoms with Gasteiger partial charge in [-0.05, 0) is 0 Å². The number of anilines is 2. The van der Waals surface area contributed by atoms with Crippen molar-refractivity contribution in [3.63, 3.8) is 0 Å². The van der Waals surface area contributed by atoms with Crippen molar-refractivity contribution in [3.8, 4) is 0 Å². The summed E-state index contributed by atoms with van der Waals surface area (Å²) in [7, 11) is 0. The van der Waals surface area contributed by atoms with Gasteiger partial charge >= 0.3 is 0 Å².